The molecule has 1 nitrogen and oxygen atoms in total. The summed E-state index contributed by atoms with van der Waals surface area (Å²) in [5.74, 6) is 0.601. The van der Waals surface area contributed by atoms with Gasteiger partial charge in [0, 0.05) is 5.03 Å². The molecule has 2 heteroatoms. The maximum atomic E-state index is 5.44. The van der Waals surface area contributed by atoms with E-state index in [2.05, 4.69) is 13.2 Å². The van der Waals surface area contributed by atoms with Crippen LogP contribution in [0, 0.1) is 0 Å². The monoisotopic (exact) mass is 158 g/mol. The minimum absolute atomic E-state index is 0.473. The van der Waals surface area contributed by atoms with Crippen molar-refractivity contribution in [2.45, 2.75) is 6.92 Å². The quantitative estimate of drug-likeness (QED) is 0.452. The summed E-state index contributed by atoms with van der Waals surface area (Å²) >= 11 is 5.44. The van der Waals surface area contributed by atoms with Crippen LogP contribution in [0.15, 0.2) is 36.1 Å². The maximum Gasteiger partial charge on any atom is 0.112 e. The number of halogens is 1. The smallest absolute Gasteiger partial charge is 0.112 e. The summed E-state index contributed by atoms with van der Waals surface area (Å²) in [5, 5.41) is 0.473. The summed E-state index contributed by atoms with van der Waals surface area (Å²) < 4.78 is 5.01. The Kier molecular flexibility index (Phi) is 4.77. The molecule has 0 aliphatic heterocycles. The fourth-order valence-corrected chi connectivity index (χ4v) is 0.480. The molecular formula is C8H11ClO. The first-order valence-electron chi connectivity index (χ1n) is 3.01. The van der Waals surface area contributed by atoms with Gasteiger partial charge in [0.2, 0.25) is 0 Å². The van der Waals surface area contributed by atoms with E-state index in [9.17, 15) is 0 Å². The van der Waals surface area contributed by atoms with Gasteiger partial charge in [-0.2, -0.15) is 0 Å². The Hall–Kier alpha value is -0.690. The van der Waals surface area contributed by atoms with Crippen LogP contribution in [0.3, 0.4) is 0 Å². The molecule has 56 valence electrons. The van der Waals surface area contributed by atoms with Crippen molar-refractivity contribution in [3.8, 4) is 0 Å². The number of rotatable bonds is 4. The largest absolute Gasteiger partial charge is 0.495 e. The summed E-state index contributed by atoms with van der Waals surface area (Å²) in [4.78, 5) is 0. The lowest BCUT2D eigenvalue weighted by Gasteiger charge is -1.98. The third-order valence-corrected chi connectivity index (χ3v) is 0.906. The van der Waals surface area contributed by atoms with Crippen LogP contribution in [0.25, 0.3) is 0 Å². The van der Waals surface area contributed by atoms with E-state index in [0.717, 1.165) is 0 Å². The van der Waals surface area contributed by atoms with Gasteiger partial charge in [0.15, 0.2) is 0 Å². The summed E-state index contributed by atoms with van der Waals surface area (Å²) in [5.41, 5.74) is 0. The third kappa shape index (κ3) is 5.45. The van der Waals surface area contributed by atoms with Crippen LogP contribution in [0.5, 0.6) is 0 Å². The van der Waals surface area contributed by atoms with Crippen LogP contribution in [-0.4, -0.2) is 6.61 Å². The summed E-state index contributed by atoms with van der Waals surface area (Å²) in [7, 11) is 0. The fraction of sp³-hybridized carbons (Fsp3) is 0.250. The molecule has 0 aromatic carbocycles. The zero-order valence-corrected chi connectivity index (χ0v) is 6.82. The topological polar surface area (TPSA) is 9.23 Å². The molecule has 0 bridgehead atoms. The normalized spacial score (nSPS) is 9.80. The van der Waals surface area contributed by atoms with Crippen LogP contribution in [0.2, 0.25) is 0 Å². The molecule has 0 aliphatic rings. The Labute approximate surface area is 66.6 Å². The molecule has 0 N–H and O–H groups in total. The lowest BCUT2D eigenvalue weighted by molar-refractivity contribution is 0.244. The molecular weight excluding hydrogens is 148 g/mol. The standard InChI is InChI=1S/C8H11ClO/c1-4-10-8(3)6-5-7(2)9/h5-6H,2-4H2,1H3/b6-5-. The summed E-state index contributed by atoms with van der Waals surface area (Å²) in [6.07, 6.45) is 3.32. The maximum absolute atomic E-state index is 5.44. The molecule has 0 spiro atoms. The number of ether oxygens (including phenoxy) is 1. The van der Waals surface area contributed by atoms with Crippen molar-refractivity contribution < 1.29 is 4.74 Å². The molecule has 0 saturated heterocycles. The predicted molar refractivity (Wildman–Crippen MR) is 44.9 cm³/mol. The van der Waals surface area contributed by atoms with Crippen molar-refractivity contribution in [3.63, 3.8) is 0 Å². The second kappa shape index (κ2) is 5.12. The van der Waals surface area contributed by atoms with E-state index in [1.807, 2.05) is 6.92 Å². The van der Waals surface area contributed by atoms with E-state index >= 15 is 0 Å². The van der Waals surface area contributed by atoms with Gasteiger partial charge < -0.3 is 4.74 Å². The van der Waals surface area contributed by atoms with Crippen molar-refractivity contribution in [3.05, 3.63) is 36.1 Å². The Morgan fingerprint density at radius 3 is 2.50 bits per heavy atom. The van der Waals surface area contributed by atoms with E-state index in [1.54, 1.807) is 12.2 Å². The Bertz CT molecular complexity index is 159. The molecule has 0 unspecified atom stereocenters. The molecule has 0 heterocycles. The van der Waals surface area contributed by atoms with Crippen molar-refractivity contribution in [1.29, 1.82) is 0 Å². The van der Waals surface area contributed by atoms with E-state index < -0.39 is 0 Å². The molecule has 0 rings (SSSR count). The lowest BCUT2D eigenvalue weighted by atomic mass is 10.4. The van der Waals surface area contributed by atoms with Crippen molar-refractivity contribution in [2.75, 3.05) is 6.61 Å². The van der Waals surface area contributed by atoms with Crippen molar-refractivity contribution >= 4 is 11.6 Å². The highest BCUT2D eigenvalue weighted by atomic mass is 35.5. The van der Waals surface area contributed by atoms with Crippen molar-refractivity contribution in [1.82, 2.24) is 0 Å². The Morgan fingerprint density at radius 1 is 1.50 bits per heavy atom. The molecule has 0 fully saturated rings. The predicted octanol–water partition coefficient (Wildman–Crippen LogP) is 2.85. The molecule has 0 radical (unpaired) electrons. The SMILES string of the molecule is C=C(Cl)/C=C\C(=C)OCC. The Balaban J connectivity index is 3.67. The molecule has 0 atom stereocenters. The zero-order chi connectivity index (χ0) is 7.98. The van der Waals surface area contributed by atoms with Gasteiger partial charge in [0.25, 0.3) is 0 Å². The van der Waals surface area contributed by atoms with Gasteiger partial charge >= 0.3 is 0 Å². The second-order valence-corrected chi connectivity index (χ2v) is 2.17. The highest BCUT2D eigenvalue weighted by molar-refractivity contribution is 6.30. The summed E-state index contributed by atoms with van der Waals surface area (Å²) in [6, 6.07) is 0. The highest BCUT2D eigenvalue weighted by Crippen LogP contribution is 2.02. The van der Waals surface area contributed by atoms with Gasteiger partial charge in [-0.05, 0) is 19.1 Å². The average molecular weight is 159 g/mol. The van der Waals surface area contributed by atoms with E-state index in [-0.39, 0.29) is 0 Å². The van der Waals surface area contributed by atoms with Gasteiger partial charge in [-0.15, -0.1) is 0 Å². The fourth-order valence-electron chi connectivity index (χ4n) is 0.417. The van der Waals surface area contributed by atoms with Crippen LogP contribution in [0.1, 0.15) is 6.92 Å². The number of hydrogen-bond acceptors (Lipinski definition) is 1. The second-order valence-electron chi connectivity index (χ2n) is 1.68. The van der Waals surface area contributed by atoms with Gasteiger partial charge in [0.05, 0.1) is 6.61 Å². The van der Waals surface area contributed by atoms with Gasteiger partial charge in [-0.25, -0.2) is 0 Å². The van der Waals surface area contributed by atoms with E-state index in [4.69, 9.17) is 16.3 Å². The minimum atomic E-state index is 0.473. The first-order valence-corrected chi connectivity index (χ1v) is 3.38. The number of hydrogen-bond donors (Lipinski definition) is 0. The highest BCUT2D eigenvalue weighted by Gasteiger charge is 1.83. The molecule has 0 aromatic heterocycles. The van der Waals surface area contributed by atoms with E-state index in [0.29, 0.717) is 17.4 Å². The molecule has 10 heavy (non-hydrogen) atoms. The first kappa shape index (κ1) is 9.31. The van der Waals surface area contributed by atoms with Gasteiger partial charge in [0.1, 0.15) is 5.76 Å². The van der Waals surface area contributed by atoms with Crippen LogP contribution in [-0.2, 0) is 4.74 Å². The molecule has 0 saturated carbocycles. The van der Waals surface area contributed by atoms with Crippen molar-refractivity contribution in [2.24, 2.45) is 0 Å². The van der Waals surface area contributed by atoms with Crippen LogP contribution >= 0.6 is 11.6 Å². The lowest BCUT2D eigenvalue weighted by Crippen LogP contribution is -1.84. The molecule has 0 aliphatic carbocycles. The van der Waals surface area contributed by atoms with Gasteiger partial charge in [-0.1, -0.05) is 24.8 Å². The van der Waals surface area contributed by atoms with E-state index in [1.165, 1.54) is 0 Å². The molecule has 0 aromatic rings. The third-order valence-electron chi connectivity index (χ3n) is 0.780. The zero-order valence-electron chi connectivity index (χ0n) is 6.06. The molecule has 0 amide bonds. The Morgan fingerprint density at radius 2 is 2.10 bits per heavy atom. The van der Waals surface area contributed by atoms with Crippen LogP contribution < -0.4 is 0 Å². The summed E-state index contributed by atoms with van der Waals surface area (Å²) in [6.45, 7) is 9.60. The average Bonchev–Trinajstić information content (AvgIpc) is 1.85. The minimum Gasteiger partial charge on any atom is -0.495 e. The first-order chi connectivity index (χ1) is 4.66. The van der Waals surface area contributed by atoms with Crippen LogP contribution in [0.4, 0.5) is 0 Å². The number of allylic oxidation sites excluding steroid dienone is 3. The van der Waals surface area contributed by atoms with Gasteiger partial charge in [-0.3, -0.25) is 0 Å².